The van der Waals surface area contributed by atoms with Crippen LogP contribution in [0, 0.1) is 6.92 Å². The van der Waals surface area contributed by atoms with Gasteiger partial charge in [-0.05, 0) is 37.2 Å². The summed E-state index contributed by atoms with van der Waals surface area (Å²) in [6, 6.07) is 10.1. The zero-order valence-electron chi connectivity index (χ0n) is 12.9. The number of halogens is 1. The Hall–Kier alpha value is -1.58. The molecule has 1 aromatic carbocycles. The molecular weight excluding hydrogens is 282 g/mol. The van der Waals surface area contributed by atoms with Crippen LogP contribution in [0.1, 0.15) is 23.7 Å². The molecule has 2 rings (SSSR count). The molecule has 0 radical (unpaired) electrons. The molecule has 0 aliphatic carbocycles. The first-order valence-electron chi connectivity index (χ1n) is 7.22. The SMILES string of the molecule is CCNCc1cnc(C)cc1N(C)Cc1ccc(Cl)cc1. The first kappa shape index (κ1) is 15.8. The summed E-state index contributed by atoms with van der Waals surface area (Å²) in [5.74, 6) is 0. The highest BCUT2D eigenvalue weighted by Crippen LogP contribution is 2.22. The Balaban J connectivity index is 2.18. The highest BCUT2D eigenvalue weighted by Gasteiger charge is 2.09. The maximum Gasteiger partial charge on any atom is 0.0445 e. The fraction of sp³-hybridized carbons (Fsp3) is 0.353. The molecule has 1 heterocycles. The number of rotatable bonds is 6. The molecule has 1 aromatic heterocycles. The molecule has 2 aromatic rings. The van der Waals surface area contributed by atoms with Crippen LogP contribution in [0.5, 0.6) is 0 Å². The molecule has 0 bridgehead atoms. The molecular formula is C17H22ClN3. The summed E-state index contributed by atoms with van der Waals surface area (Å²) in [5.41, 5.74) is 4.72. The van der Waals surface area contributed by atoms with Crippen molar-refractivity contribution < 1.29 is 0 Å². The average Bonchev–Trinajstić information content (AvgIpc) is 2.48. The van der Waals surface area contributed by atoms with Crippen molar-refractivity contribution in [3.63, 3.8) is 0 Å². The molecule has 4 heteroatoms. The lowest BCUT2D eigenvalue weighted by Crippen LogP contribution is -2.21. The van der Waals surface area contributed by atoms with Crippen molar-refractivity contribution in [2.45, 2.75) is 26.9 Å². The van der Waals surface area contributed by atoms with Gasteiger partial charge in [-0.1, -0.05) is 30.7 Å². The van der Waals surface area contributed by atoms with E-state index in [1.165, 1.54) is 16.8 Å². The maximum atomic E-state index is 5.94. The predicted molar refractivity (Wildman–Crippen MR) is 89.9 cm³/mol. The first-order valence-corrected chi connectivity index (χ1v) is 7.59. The van der Waals surface area contributed by atoms with E-state index in [4.69, 9.17) is 11.6 Å². The van der Waals surface area contributed by atoms with Gasteiger partial charge in [-0.15, -0.1) is 0 Å². The molecule has 0 aliphatic rings. The molecule has 0 fully saturated rings. The lowest BCUT2D eigenvalue weighted by atomic mass is 10.1. The molecule has 0 saturated heterocycles. The van der Waals surface area contributed by atoms with Gasteiger partial charge >= 0.3 is 0 Å². The van der Waals surface area contributed by atoms with E-state index < -0.39 is 0 Å². The number of benzene rings is 1. The summed E-state index contributed by atoms with van der Waals surface area (Å²) in [7, 11) is 2.11. The van der Waals surface area contributed by atoms with Crippen LogP contribution in [0.25, 0.3) is 0 Å². The van der Waals surface area contributed by atoms with Crippen molar-refractivity contribution in [3.8, 4) is 0 Å². The lowest BCUT2D eigenvalue weighted by molar-refractivity contribution is 0.720. The number of nitrogens with one attached hydrogen (secondary N) is 1. The van der Waals surface area contributed by atoms with Gasteiger partial charge < -0.3 is 10.2 Å². The highest BCUT2D eigenvalue weighted by atomic mass is 35.5. The third-order valence-electron chi connectivity index (χ3n) is 3.41. The second kappa shape index (κ2) is 7.43. The molecule has 0 unspecified atom stereocenters. The van der Waals surface area contributed by atoms with Gasteiger partial charge in [0.25, 0.3) is 0 Å². The van der Waals surface area contributed by atoms with E-state index in [0.717, 1.165) is 30.4 Å². The Kier molecular flexibility index (Phi) is 5.59. The molecule has 0 atom stereocenters. The fourth-order valence-electron chi connectivity index (χ4n) is 2.27. The predicted octanol–water partition coefficient (Wildman–Crippen LogP) is 3.79. The minimum Gasteiger partial charge on any atom is -0.370 e. The Morgan fingerprint density at radius 3 is 2.62 bits per heavy atom. The molecule has 112 valence electrons. The van der Waals surface area contributed by atoms with Crippen LogP contribution < -0.4 is 10.2 Å². The van der Waals surface area contributed by atoms with Crippen LogP contribution in [-0.4, -0.2) is 18.6 Å². The molecule has 21 heavy (non-hydrogen) atoms. The van der Waals surface area contributed by atoms with Gasteiger partial charge in [0.2, 0.25) is 0 Å². The van der Waals surface area contributed by atoms with Gasteiger partial charge in [0.05, 0.1) is 0 Å². The Labute approximate surface area is 132 Å². The quantitative estimate of drug-likeness (QED) is 0.880. The number of anilines is 1. The van der Waals surface area contributed by atoms with Gasteiger partial charge in [0.1, 0.15) is 0 Å². The number of hydrogen-bond donors (Lipinski definition) is 1. The first-order chi connectivity index (χ1) is 10.1. The third kappa shape index (κ3) is 4.45. The van der Waals surface area contributed by atoms with Gasteiger partial charge in [-0.25, -0.2) is 0 Å². The highest BCUT2D eigenvalue weighted by molar-refractivity contribution is 6.30. The van der Waals surface area contributed by atoms with E-state index in [1.807, 2.05) is 25.3 Å². The van der Waals surface area contributed by atoms with Crippen LogP contribution in [0.2, 0.25) is 5.02 Å². The van der Waals surface area contributed by atoms with E-state index in [2.05, 4.69) is 47.4 Å². The van der Waals surface area contributed by atoms with Crippen LogP contribution in [-0.2, 0) is 13.1 Å². The molecule has 0 spiro atoms. The molecule has 1 N–H and O–H groups in total. The number of pyridine rings is 1. The maximum absolute atomic E-state index is 5.94. The van der Waals surface area contributed by atoms with Crippen molar-refractivity contribution in [2.24, 2.45) is 0 Å². The number of hydrogen-bond acceptors (Lipinski definition) is 3. The van der Waals surface area contributed by atoms with E-state index in [9.17, 15) is 0 Å². The second-order valence-electron chi connectivity index (χ2n) is 5.22. The lowest BCUT2D eigenvalue weighted by Gasteiger charge is -2.23. The topological polar surface area (TPSA) is 28.2 Å². The second-order valence-corrected chi connectivity index (χ2v) is 5.65. The van der Waals surface area contributed by atoms with Crippen molar-refractivity contribution in [1.82, 2.24) is 10.3 Å². The standard InChI is InChI=1S/C17H22ClN3/c1-4-19-10-15-11-20-13(2)9-17(15)21(3)12-14-5-7-16(18)8-6-14/h5-9,11,19H,4,10,12H2,1-3H3. The van der Waals surface area contributed by atoms with Crippen LogP contribution >= 0.6 is 11.6 Å². The Morgan fingerprint density at radius 1 is 1.24 bits per heavy atom. The number of aryl methyl sites for hydroxylation is 1. The summed E-state index contributed by atoms with van der Waals surface area (Å²) < 4.78 is 0. The Bertz CT molecular complexity index is 581. The summed E-state index contributed by atoms with van der Waals surface area (Å²) in [4.78, 5) is 6.66. The van der Waals surface area contributed by atoms with Gasteiger partial charge in [-0.2, -0.15) is 0 Å². The number of aromatic nitrogens is 1. The largest absolute Gasteiger partial charge is 0.370 e. The minimum absolute atomic E-state index is 0.772. The van der Waals surface area contributed by atoms with E-state index >= 15 is 0 Å². The van der Waals surface area contributed by atoms with E-state index in [0.29, 0.717) is 0 Å². The molecule has 0 saturated carbocycles. The minimum atomic E-state index is 0.772. The summed E-state index contributed by atoms with van der Waals surface area (Å²) >= 11 is 5.94. The summed E-state index contributed by atoms with van der Waals surface area (Å²) in [6.07, 6.45) is 1.96. The van der Waals surface area contributed by atoms with Gasteiger partial charge in [-0.3, -0.25) is 4.98 Å². The summed E-state index contributed by atoms with van der Waals surface area (Å²) in [6.45, 7) is 6.77. The number of nitrogens with zero attached hydrogens (tertiary/aromatic N) is 2. The zero-order chi connectivity index (χ0) is 15.2. The molecule has 0 amide bonds. The van der Waals surface area contributed by atoms with Gasteiger partial charge in [0, 0.05) is 48.3 Å². The van der Waals surface area contributed by atoms with Crippen molar-refractivity contribution >= 4 is 17.3 Å². The normalized spacial score (nSPS) is 10.7. The summed E-state index contributed by atoms with van der Waals surface area (Å²) in [5, 5.41) is 4.14. The monoisotopic (exact) mass is 303 g/mol. The van der Waals surface area contributed by atoms with E-state index in [1.54, 1.807) is 0 Å². The fourth-order valence-corrected chi connectivity index (χ4v) is 2.40. The van der Waals surface area contributed by atoms with Crippen LogP contribution in [0.4, 0.5) is 5.69 Å². The Morgan fingerprint density at radius 2 is 1.95 bits per heavy atom. The average molecular weight is 304 g/mol. The van der Waals surface area contributed by atoms with Crippen LogP contribution in [0.15, 0.2) is 36.5 Å². The van der Waals surface area contributed by atoms with Crippen LogP contribution in [0.3, 0.4) is 0 Å². The van der Waals surface area contributed by atoms with Gasteiger partial charge in [0.15, 0.2) is 0 Å². The molecule has 0 aliphatic heterocycles. The van der Waals surface area contributed by atoms with Crippen molar-refractivity contribution in [3.05, 3.63) is 58.4 Å². The van der Waals surface area contributed by atoms with E-state index in [-0.39, 0.29) is 0 Å². The zero-order valence-corrected chi connectivity index (χ0v) is 13.6. The smallest absolute Gasteiger partial charge is 0.0445 e. The van der Waals surface area contributed by atoms with Crippen molar-refractivity contribution in [2.75, 3.05) is 18.5 Å². The molecule has 3 nitrogen and oxygen atoms in total. The van der Waals surface area contributed by atoms with Crippen molar-refractivity contribution in [1.29, 1.82) is 0 Å². The third-order valence-corrected chi connectivity index (χ3v) is 3.66.